The molecule has 0 atom stereocenters. The van der Waals surface area contributed by atoms with Crippen LogP contribution in [0.3, 0.4) is 0 Å². The fourth-order valence-corrected chi connectivity index (χ4v) is 2.93. The highest BCUT2D eigenvalue weighted by molar-refractivity contribution is 7.15. The fraction of sp³-hybridized carbons (Fsp3) is 0.333. The standard InChI is InChI=1S/C15H17FN2O2S/c1-10-13(9-14(19)17-7-8-20-2)21-15(18-10)11-5-3-4-6-12(11)16/h3-6H,7-9H2,1-2H3,(H,17,19). The smallest absolute Gasteiger partial charge is 0.225 e. The summed E-state index contributed by atoms with van der Waals surface area (Å²) < 4.78 is 18.6. The molecular formula is C15H17FN2O2S. The maximum atomic E-state index is 13.8. The zero-order valence-electron chi connectivity index (χ0n) is 12.0. The average molecular weight is 308 g/mol. The molecule has 2 rings (SSSR count). The lowest BCUT2D eigenvalue weighted by atomic mass is 10.2. The van der Waals surface area contributed by atoms with Gasteiger partial charge in [-0.25, -0.2) is 9.37 Å². The van der Waals surface area contributed by atoms with Crippen LogP contribution < -0.4 is 5.32 Å². The third-order valence-corrected chi connectivity index (χ3v) is 4.14. The van der Waals surface area contributed by atoms with Crippen molar-refractivity contribution in [1.29, 1.82) is 0 Å². The van der Waals surface area contributed by atoms with Crippen LogP contribution in [0.5, 0.6) is 0 Å². The Balaban J connectivity index is 2.09. The number of aryl methyl sites for hydroxylation is 1. The Morgan fingerprint density at radius 3 is 2.90 bits per heavy atom. The molecule has 112 valence electrons. The van der Waals surface area contributed by atoms with Crippen molar-refractivity contribution in [2.75, 3.05) is 20.3 Å². The number of aromatic nitrogens is 1. The van der Waals surface area contributed by atoms with E-state index in [-0.39, 0.29) is 18.1 Å². The van der Waals surface area contributed by atoms with Crippen LogP contribution in [-0.2, 0) is 16.0 Å². The van der Waals surface area contributed by atoms with E-state index in [4.69, 9.17) is 4.74 Å². The number of carbonyl (C=O) groups excluding carboxylic acids is 1. The molecule has 0 spiro atoms. The van der Waals surface area contributed by atoms with E-state index in [2.05, 4.69) is 10.3 Å². The number of rotatable bonds is 6. The molecule has 0 bridgehead atoms. The van der Waals surface area contributed by atoms with Crippen molar-refractivity contribution in [3.8, 4) is 10.6 Å². The summed E-state index contributed by atoms with van der Waals surface area (Å²) in [6, 6.07) is 6.51. The Bertz CT molecular complexity index is 628. The van der Waals surface area contributed by atoms with Gasteiger partial charge in [0.15, 0.2) is 0 Å². The zero-order chi connectivity index (χ0) is 15.2. The van der Waals surface area contributed by atoms with Crippen LogP contribution >= 0.6 is 11.3 Å². The molecule has 1 heterocycles. The highest BCUT2D eigenvalue weighted by Gasteiger charge is 2.14. The van der Waals surface area contributed by atoms with E-state index in [9.17, 15) is 9.18 Å². The summed E-state index contributed by atoms with van der Waals surface area (Å²) in [5.74, 6) is -0.388. The predicted octanol–water partition coefficient (Wildman–Crippen LogP) is 2.56. The lowest BCUT2D eigenvalue weighted by Crippen LogP contribution is -2.28. The van der Waals surface area contributed by atoms with Crippen LogP contribution in [0.15, 0.2) is 24.3 Å². The molecule has 0 aliphatic rings. The molecule has 0 radical (unpaired) electrons. The summed E-state index contributed by atoms with van der Waals surface area (Å²) in [5, 5.41) is 3.36. The van der Waals surface area contributed by atoms with Gasteiger partial charge in [-0.05, 0) is 19.1 Å². The van der Waals surface area contributed by atoms with E-state index in [1.807, 2.05) is 6.92 Å². The number of ether oxygens (including phenoxy) is 1. The van der Waals surface area contributed by atoms with Crippen molar-refractivity contribution < 1.29 is 13.9 Å². The van der Waals surface area contributed by atoms with E-state index in [1.165, 1.54) is 17.4 Å². The van der Waals surface area contributed by atoms with E-state index < -0.39 is 0 Å². The van der Waals surface area contributed by atoms with Gasteiger partial charge in [0.2, 0.25) is 5.91 Å². The van der Waals surface area contributed by atoms with Gasteiger partial charge in [-0.1, -0.05) is 12.1 Å². The van der Waals surface area contributed by atoms with Crippen molar-refractivity contribution in [1.82, 2.24) is 10.3 Å². The van der Waals surface area contributed by atoms with Crippen molar-refractivity contribution in [2.45, 2.75) is 13.3 Å². The predicted molar refractivity (Wildman–Crippen MR) is 80.8 cm³/mol. The first-order chi connectivity index (χ1) is 10.1. The molecule has 0 aliphatic carbocycles. The summed E-state index contributed by atoms with van der Waals surface area (Å²) in [6.45, 7) is 2.79. The monoisotopic (exact) mass is 308 g/mol. The number of halogens is 1. The van der Waals surface area contributed by atoms with Gasteiger partial charge in [-0.15, -0.1) is 11.3 Å². The first kappa shape index (κ1) is 15.6. The van der Waals surface area contributed by atoms with Crippen LogP contribution in [0.25, 0.3) is 10.6 Å². The highest BCUT2D eigenvalue weighted by atomic mass is 32.1. The second-order valence-electron chi connectivity index (χ2n) is 4.53. The van der Waals surface area contributed by atoms with Gasteiger partial charge in [0.25, 0.3) is 0 Å². The molecule has 6 heteroatoms. The summed E-state index contributed by atoms with van der Waals surface area (Å²) in [5.41, 5.74) is 1.23. The molecule has 4 nitrogen and oxygen atoms in total. The quantitative estimate of drug-likeness (QED) is 0.835. The third-order valence-electron chi connectivity index (χ3n) is 2.95. The Kier molecular flexibility index (Phi) is 5.41. The Morgan fingerprint density at radius 2 is 2.19 bits per heavy atom. The number of benzene rings is 1. The molecule has 1 amide bonds. The van der Waals surface area contributed by atoms with Crippen molar-refractivity contribution >= 4 is 17.2 Å². The largest absolute Gasteiger partial charge is 0.383 e. The van der Waals surface area contributed by atoms with Gasteiger partial charge in [0.05, 0.1) is 18.7 Å². The first-order valence-corrected chi connectivity index (χ1v) is 7.40. The molecule has 0 unspecified atom stereocenters. The second-order valence-corrected chi connectivity index (χ2v) is 5.61. The van der Waals surface area contributed by atoms with Gasteiger partial charge in [0, 0.05) is 24.1 Å². The van der Waals surface area contributed by atoms with Crippen LogP contribution in [0.1, 0.15) is 10.6 Å². The Hall–Kier alpha value is -1.79. The molecule has 0 saturated heterocycles. The topological polar surface area (TPSA) is 51.2 Å². The van der Waals surface area contributed by atoms with Crippen molar-refractivity contribution in [3.05, 3.63) is 40.7 Å². The van der Waals surface area contributed by atoms with Crippen LogP contribution in [0.2, 0.25) is 0 Å². The third kappa shape index (κ3) is 4.09. The lowest BCUT2D eigenvalue weighted by molar-refractivity contribution is -0.120. The molecule has 0 saturated carbocycles. The zero-order valence-corrected chi connectivity index (χ0v) is 12.8. The van der Waals surface area contributed by atoms with Crippen molar-refractivity contribution in [2.24, 2.45) is 0 Å². The fourth-order valence-electron chi connectivity index (χ4n) is 1.84. The number of nitrogens with zero attached hydrogens (tertiary/aromatic N) is 1. The maximum absolute atomic E-state index is 13.8. The van der Waals surface area contributed by atoms with Crippen LogP contribution in [0.4, 0.5) is 4.39 Å². The number of hydrogen-bond acceptors (Lipinski definition) is 4. The first-order valence-electron chi connectivity index (χ1n) is 6.58. The molecule has 0 aliphatic heterocycles. The average Bonchev–Trinajstić information content (AvgIpc) is 2.80. The summed E-state index contributed by atoms with van der Waals surface area (Å²) in [4.78, 5) is 17.0. The van der Waals surface area contributed by atoms with E-state index in [1.54, 1.807) is 25.3 Å². The van der Waals surface area contributed by atoms with Crippen LogP contribution in [-0.4, -0.2) is 31.2 Å². The molecular weight excluding hydrogens is 291 g/mol. The molecule has 21 heavy (non-hydrogen) atoms. The normalized spacial score (nSPS) is 10.6. The number of thiazole rings is 1. The summed E-state index contributed by atoms with van der Waals surface area (Å²) >= 11 is 1.35. The van der Waals surface area contributed by atoms with E-state index in [0.29, 0.717) is 23.7 Å². The SMILES string of the molecule is COCCNC(=O)Cc1sc(-c2ccccc2F)nc1C. The molecule has 2 aromatic rings. The lowest BCUT2D eigenvalue weighted by Gasteiger charge is -2.03. The van der Waals surface area contributed by atoms with Gasteiger partial charge in [0.1, 0.15) is 10.8 Å². The number of hydrogen-bond donors (Lipinski definition) is 1. The Labute approximate surface area is 127 Å². The summed E-state index contributed by atoms with van der Waals surface area (Å²) in [6.07, 6.45) is 0.252. The van der Waals surface area contributed by atoms with Crippen molar-refractivity contribution in [3.63, 3.8) is 0 Å². The van der Waals surface area contributed by atoms with E-state index >= 15 is 0 Å². The maximum Gasteiger partial charge on any atom is 0.225 e. The minimum Gasteiger partial charge on any atom is -0.383 e. The number of carbonyl (C=O) groups is 1. The van der Waals surface area contributed by atoms with Gasteiger partial charge in [-0.2, -0.15) is 0 Å². The number of nitrogens with one attached hydrogen (secondary N) is 1. The Morgan fingerprint density at radius 1 is 1.43 bits per heavy atom. The molecule has 1 aromatic carbocycles. The van der Waals surface area contributed by atoms with Gasteiger partial charge < -0.3 is 10.1 Å². The molecule has 0 fully saturated rings. The highest BCUT2D eigenvalue weighted by Crippen LogP contribution is 2.29. The number of methoxy groups -OCH3 is 1. The summed E-state index contributed by atoms with van der Waals surface area (Å²) in [7, 11) is 1.58. The minimum absolute atomic E-state index is 0.0844. The molecule has 1 N–H and O–H groups in total. The molecule has 1 aromatic heterocycles. The van der Waals surface area contributed by atoms with Gasteiger partial charge in [-0.3, -0.25) is 4.79 Å². The van der Waals surface area contributed by atoms with Gasteiger partial charge >= 0.3 is 0 Å². The number of amides is 1. The second kappa shape index (κ2) is 7.28. The van der Waals surface area contributed by atoms with E-state index in [0.717, 1.165) is 10.6 Å². The minimum atomic E-state index is -0.303. The van der Waals surface area contributed by atoms with Crippen LogP contribution in [0, 0.1) is 12.7 Å².